The van der Waals surface area contributed by atoms with Gasteiger partial charge in [0.2, 0.25) is 10.0 Å². The smallest absolute Gasteiger partial charge is 0.251 e. The number of aromatic nitrogens is 2. The van der Waals surface area contributed by atoms with Crippen LogP contribution in [0.4, 0.5) is 5.69 Å². The summed E-state index contributed by atoms with van der Waals surface area (Å²) in [4.78, 5) is 12.7. The number of amides is 1. The van der Waals surface area contributed by atoms with E-state index in [1.54, 1.807) is 12.1 Å². The number of sulfonamides is 1. The number of hydrogen-bond donors (Lipinski definition) is 1. The van der Waals surface area contributed by atoms with Crippen molar-refractivity contribution in [3.8, 4) is 0 Å². The molecule has 2 aromatic rings. The van der Waals surface area contributed by atoms with E-state index in [2.05, 4.69) is 10.4 Å². The lowest BCUT2D eigenvalue weighted by atomic mass is 9.92. The van der Waals surface area contributed by atoms with Crippen molar-refractivity contribution in [2.75, 3.05) is 17.1 Å². The van der Waals surface area contributed by atoms with Gasteiger partial charge in [-0.15, -0.1) is 0 Å². The zero-order valence-electron chi connectivity index (χ0n) is 14.9. The van der Waals surface area contributed by atoms with Crippen LogP contribution >= 0.6 is 0 Å². The second-order valence-corrected chi connectivity index (χ2v) is 8.92. The Bertz CT molecular complexity index is 980. The highest BCUT2D eigenvalue weighted by Gasteiger charge is 2.28. The summed E-state index contributed by atoms with van der Waals surface area (Å²) in [5.41, 5.74) is 4.41. The number of rotatable bonds is 3. The Hall–Kier alpha value is -2.35. The number of anilines is 1. The third-order valence-corrected chi connectivity index (χ3v) is 6.46. The SMILES string of the molecule is Cn1ncc2c1CCCC2NC(=O)c1ccc2c(c1)CCN2S(C)(=O)=O. The average molecular weight is 374 g/mol. The average Bonchev–Trinajstić information content (AvgIpc) is 3.18. The first-order chi connectivity index (χ1) is 12.3. The van der Waals surface area contributed by atoms with Crippen molar-refractivity contribution in [2.24, 2.45) is 7.05 Å². The number of fused-ring (bicyclic) bond motifs is 2. The molecule has 0 radical (unpaired) electrons. The molecule has 0 spiro atoms. The molecule has 1 aliphatic heterocycles. The number of benzene rings is 1. The van der Waals surface area contributed by atoms with Gasteiger partial charge in [0.05, 0.1) is 24.2 Å². The molecule has 1 amide bonds. The minimum Gasteiger partial charge on any atom is -0.345 e. The summed E-state index contributed by atoms with van der Waals surface area (Å²) in [6.45, 7) is 0.431. The van der Waals surface area contributed by atoms with Crippen molar-refractivity contribution in [1.82, 2.24) is 15.1 Å². The third kappa shape index (κ3) is 2.88. The van der Waals surface area contributed by atoms with E-state index in [1.807, 2.05) is 24.0 Å². The van der Waals surface area contributed by atoms with Crippen molar-refractivity contribution in [3.05, 3.63) is 46.8 Å². The van der Waals surface area contributed by atoms with Crippen LogP contribution in [-0.2, 0) is 29.9 Å². The van der Waals surface area contributed by atoms with Crippen LogP contribution in [-0.4, -0.2) is 36.9 Å². The molecule has 0 bridgehead atoms. The van der Waals surface area contributed by atoms with E-state index in [0.29, 0.717) is 24.2 Å². The van der Waals surface area contributed by atoms with E-state index in [4.69, 9.17) is 0 Å². The number of nitrogens with one attached hydrogen (secondary N) is 1. The maximum Gasteiger partial charge on any atom is 0.251 e. The first-order valence-electron chi connectivity index (χ1n) is 8.77. The van der Waals surface area contributed by atoms with Crippen LogP contribution in [0.3, 0.4) is 0 Å². The molecule has 0 saturated carbocycles. The Labute approximate surface area is 153 Å². The van der Waals surface area contributed by atoms with Crippen LogP contribution < -0.4 is 9.62 Å². The lowest BCUT2D eigenvalue weighted by Crippen LogP contribution is -2.31. The number of nitrogens with zero attached hydrogens (tertiary/aromatic N) is 3. The Morgan fingerprint density at radius 1 is 1.31 bits per heavy atom. The molecule has 1 aromatic carbocycles. The molecule has 1 aromatic heterocycles. The fourth-order valence-corrected chi connectivity index (χ4v) is 4.91. The molecular weight excluding hydrogens is 352 g/mol. The predicted octanol–water partition coefficient (Wildman–Crippen LogP) is 1.55. The zero-order valence-corrected chi connectivity index (χ0v) is 15.7. The molecule has 8 heteroatoms. The standard InChI is InChI=1S/C18H22N4O3S/c1-21-17-5-3-4-15(14(17)11-19-21)20-18(23)13-6-7-16-12(10-13)8-9-22(16)26(2,24)25/h6-7,10-11,15H,3-5,8-9H2,1-2H3,(H,20,23). The first-order valence-corrected chi connectivity index (χ1v) is 10.6. The van der Waals surface area contributed by atoms with Gasteiger partial charge in [0.1, 0.15) is 0 Å². The van der Waals surface area contributed by atoms with E-state index in [0.717, 1.165) is 30.4 Å². The number of hydrogen-bond acceptors (Lipinski definition) is 4. The summed E-state index contributed by atoms with van der Waals surface area (Å²) in [5, 5.41) is 7.42. The lowest BCUT2D eigenvalue weighted by Gasteiger charge is -2.24. The fraction of sp³-hybridized carbons (Fsp3) is 0.444. The summed E-state index contributed by atoms with van der Waals surface area (Å²) in [6, 6.07) is 5.21. The molecule has 2 heterocycles. The molecule has 26 heavy (non-hydrogen) atoms. The molecule has 1 N–H and O–H groups in total. The highest BCUT2D eigenvalue weighted by Crippen LogP contribution is 2.32. The van der Waals surface area contributed by atoms with Crippen molar-refractivity contribution < 1.29 is 13.2 Å². The zero-order chi connectivity index (χ0) is 18.5. The Morgan fingerprint density at radius 2 is 2.12 bits per heavy atom. The summed E-state index contributed by atoms with van der Waals surface area (Å²) >= 11 is 0. The maximum atomic E-state index is 12.7. The Balaban J connectivity index is 1.55. The highest BCUT2D eigenvalue weighted by molar-refractivity contribution is 7.92. The number of carbonyl (C=O) groups excluding carboxylic acids is 1. The van der Waals surface area contributed by atoms with E-state index in [-0.39, 0.29) is 11.9 Å². The monoisotopic (exact) mass is 374 g/mol. The first kappa shape index (κ1) is 17.1. The molecule has 0 fully saturated rings. The van der Waals surface area contributed by atoms with Crippen molar-refractivity contribution in [2.45, 2.75) is 31.7 Å². The predicted molar refractivity (Wildman–Crippen MR) is 98.7 cm³/mol. The molecule has 1 atom stereocenters. The number of carbonyl (C=O) groups is 1. The van der Waals surface area contributed by atoms with Gasteiger partial charge in [-0.25, -0.2) is 8.42 Å². The highest BCUT2D eigenvalue weighted by atomic mass is 32.2. The Kier molecular flexibility index (Phi) is 4.02. The molecule has 4 rings (SSSR count). The quantitative estimate of drug-likeness (QED) is 0.883. The van der Waals surface area contributed by atoms with E-state index >= 15 is 0 Å². The molecule has 7 nitrogen and oxygen atoms in total. The maximum absolute atomic E-state index is 12.7. The Morgan fingerprint density at radius 3 is 2.88 bits per heavy atom. The molecule has 1 unspecified atom stereocenters. The summed E-state index contributed by atoms with van der Waals surface area (Å²) in [6.07, 6.45) is 6.57. The molecule has 138 valence electrons. The van der Waals surface area contributed by atoms with Crippen LogP contribution in [0, 0.1) is 0 Å². The molecular formula is C18H22N4O3S. The lowest BCUT2D eigenvalue weighted by molar-refractivity contribution is 0.0932. The van der Waals surface area contributed by atoms with Crippen molar-refractivity contribution >= 4 is 21.6 Å². The van der Waals surface area contributed by atoms with Gasteiger partial charge in [-0.3, -0.25) is 13.8 Å². The summed E-state index contributed by atoms with van der Waals surface area (Å²) in [7, 11) is -1.35. The van der Waals surface area contributed by atoms with E-state index in [9.17, 15) is 13.2 Å². The van der Waals surface area contributed by atoms with Gasteiger partial charge in [-0.1, -0.05) is 0 Å². The van der Waals surface area contributed by atoms with Gasteiger partial charge < -0.3 is 5.32 Å². The topological polar surface area (TPSA) is 84.3 Å². The van der Waals surface area contributed by atoms with Crippen LogP contribution in [0.25, 0.3) is 0 Å². The van der Waals surface area contributed by atoms with Gasteiger partial charge >= 0.3 is 0 Å². The minimum atomic E-state index is -3.28. The van der Waals surface area contributed by atoms with E-state index < -0.39 is 10.0 Å². The van der Waals surface area contributed by atoms with Gasteiger partial charge in [-0.2, -0.15) is 5.10 Å². The molecule has 1 aliphatic carbocycles. The minimum absolute atomic E-state index is 0.0271. The second-order valence-electron chi connectivity index (χ2n) is 7.02. The van der Waals surface area contributed by atoms with Gasteiger partial charge in [-0.05, 0) is 49.4 Å². The van der Waals surface area contributed by atoms with Gasteiger partial charge in [0, 0.05) is 30.4 Å². The van der Waals surface area contributed by atoms with Crippen LogP contribution in [0.5, 0.6) is 0 Å². The molecule has 2 aliphatic rings. The van der Waals surface area contributed by atoms with Crippen molar-refractivity contribution in [1.29, 1.82) is 0 Å². The van der Waals surface area contributed by atoms with Crippen molar-refractivity contribution in [3.63, 3.8) is 0 Å². The summed E-state index contributed by atoms with van der Waals surface area (Å²) in [5.74, 6) is -0.132. The largest absolute Gasteiger partial charge is 0.345 e. The summed E-state index contributed by atoms with van der Waals surface area (Å²) < 4.78 is 26.9. The van der Waals surface area contributed by atoms with E-state index in [1.165, 1.54) is 16.3 Å². The molecule has 0 saturated heterocycles. The fourth-order valence-electron chi connectivity index (χ4n) is 3.95. The van der Waals surface area contributed by atoms with Crippen LogP contribution in [0.1, 0.15) is 46.1 Å². The van der Waals surface area contributed by atoms with Gasteiger partial charge in [0.25, 0.3) is 5.91 Å². The van der Waals surface area contributed by atoms with Gasteiger partial charge in [0.15, 0.2) is 0 Å². The normalized spacial score (nSPS) is 19.2. The van der Waals surface area contributed by atoms with Crippen LogP contribution in [0.15, 0.2) is 24.4 Å². The third-order valence-electron chi connectivity index (χ3n) is 5.28. The number of aryl methyl sites for hydroxylation is 1. The van der Waals surface area contributed by atoms with Crippen LogP contribution in [0.2, 0.25) is 0 Å². The second kappa shape index (κ2) is 6.12.